The van der Waals surface area contributed by atoms with Gasteiger partial charge in [0, 0.05) is 5.56 Å². The molecule has 0 saturated carbocycles. The zero-order chi connectivity index (χ0) is 17.0. The highest BCUT2D eigenvalue weighted by atomic mass is 19.1. The zero-order valence-electron chi connectivity index (χ0n) is 13.4. The van der Waals surface area contributed by atoms with Crippen molar-refractivity contribution in [2.45, 2.75) is 32.6 Å². The first-order valence-electron chi connectivity index (χ1n) is 7.40. The summed E-state index contributed by atoms with van der Waals surface area (Å²) in [7, 11) is 0. The van der Waals surface area contributed by atoms with Gasteiger partial charge in [0.05, 0.1) is 0 Å². The molecule has 2 aromatic rings. The fraction of sp³-hybridized carbons (Fsp3) is 0.278. The molecule has 0 saturated heterocycles. The molecule has 0 atom stereocenters. The van der Waals surface area contributed by atoms with Gasteiger partial charge in [-0.1, -0.05) is 32.9 Å². The van der Waals surface area contributed by atoms with Crippen molar-refractivity contribution in [2.75, 3.05) is 0 Å². The lowest BCUT2D eigenvalue weighted by Crippen LogP contribution is -2.18. The highest BCUT2D eigenvalue weighted by molar-refractivity contribution is 5.93. The Morgan fingerprint density at radius 2 is 1.87 bits per heavy atom. The number of halogens is 1. The first kappa shape index (κ1) is 17.0. The average molecular weight is 317 g/mol. The van der Waals surface area contributed by atoms with Crippen LogP contribution in [0.15, 0.2) is 42.5 Å². The Bertz CT molecular complexity index is 696. The van der Waals surface area contributed by atoms with Crippen LogP contribution in [0.5, 0.6) is 11.5 Å². The predicted octanol–water partition coefficient (Wildman–Crippen LogP) is 4.42. The molecule has 0 unspecified atom stereocenters. The van der Waals surface area contributed by atoms with E-state index in [1.807, 2.05) is 12.1 Å². The minimum Gasteiger partial charge on any atom is -0.454 e. The van der Waals surface area contributed by atoms with E-state index in [4.69, 9.17) is 9.94 Å². The summed E-state index contributed by atoms with van der Waals surface area (Å²) in [5.41, 5.74) is 2.72. The maximum Gasteiger partial charge on any atom is 0.274 e. The number of hydrogen-bond acceptors (Lipinski definition) is 3. The molecule has 0 fully saturated rings. The fourth-order valence-corrected chi connectivity index (χ4v) is 2.09. The number of carbonyl (C=O) groups excluding carboxylic acids is 1. The van der Waals surface area contributed by atoms with Crippen LogP contribution in [-0.4, -0.2) is 11.1 Å². The maximum atomic E-state index is 14.0. The van der Waals surface area contributed by atoms with Crippen molar-refractivity contribution >= 4 is 5.91 Å². The summed E-state index contributed by atoms with van der Waals surface area (Å²) in [6.45, 7) is 6.45. The van der Waals surface area contributed by atoms with E-state index in [2.05, 4.69) is 20.8 Å². The van der Waals surface area contributed by atoms with Crippen molar-refractivity contribution in [3.8, 4) is 11.5 Å². The van der Waals surface area contributed by atoms with E-state index < -0.39 is 11.7 Å². The SMILES string of the molecule is CCC(C)(C)c1ccc(Oc2ccc(C(=O)NO)cc2F)cc1. The minimum absolute atomic E-state index is 0.0115. The predicted molar refractivity (Wildman–Crippen MR) is 85.5 cm³/mol. The van der Waals surface area contributed by atoms with E-state index in [1.54, 1.807) is 12.1 Å². The number of carbonyl (C=O) groups is 1. The molecular formula is C18H20FNO3. The molecule has 0 heterocycles. The van der Waals surface area contributed by atoms with Gasteiger partial charge in [-0.25, -0.2) is 9.87 Å². The summed E-state index contributed by atoms with van der Waals surface area (Å²) in [6, 6.07) is 11.2. The fourth-order valence-electron chi connectivity index (χ4n) is 2.09. The Labute approximate surface area is 134 Å². The zero-order valence-corrected chi connectivity index (χ0v) is 13.4. The number of ether oxygens (including phenoxy) is 1. The lowest BCUT2D eigenvalue weighted by Gasteiger charge is -2.23. The second-order valence-electron chi connectivity index (χ2n) is 5.95. The Morgan fingerprint density at radius 1 is 1.22 bits per heavy atom. The molecule has 2 rings (SSSR count). The van der Waals surface area contributed by atoms with Crippen molar-refractivity contribution in [2.24, 2.45) is 0 Å². The number of rotatable bonds is 5. The van der Waals surface area contributed by atoms with Gasteiger partial charge in [0.15, 0.2) is 11.6 Å². The topological polar surface area (TPSA) is 58.6 Å². The van der Waals surface area contributed by atoms with E-state index in [1.165, 1.54) is 23.2 Å². The molecule has 0 aliphatic heterocycles. The first-order valence-corrected chi connectivity index (χ1v) is 7.40. The van der Waals surface area contributed by atoms with Crippen LogP contribution in [0, 0.1) is 5.82 Å². The van der Waals surface area contributed by atoms with E-state index in [-0.39, 0.29) is 16.7 Å². The molecule has 1 amide bonds. The summed E-state index contributed by atoms with van der Waals surface area (Å²) >= 11 is 0. The molecule has 23 heavy (non-hydrogen) atoms. The van der Waals surface area contributed by atoms with Gasteiger partial charge >= 0.3 is 0 Å². The highest BCUT2D eigenvalue weighted by Gasteiger charge is 2.18. The second kappa shape index (κ2) is 6.79. The number of amides is 1. The van der Waals surface area contributed by atoms with Gasteiger partial charge in [0.25, 0.3) is 5.91 Å². The van der Waals surface area contributed by atoms with Crippen LogP contribution in [0.4, 0.5) is 4.39 Å². The van der Waals surface area contributed by atoms with Crippen molar-refractivity contribution in [3.05, 3.63) is 59.4 Å². The minimum atomic E-state index is -0.776. The van der Waals surface area contributed by atoms with Crippen molar-refractivity contribution < 1.29 is 19.1 Å². The molecule has 0 spiro atoms. The Kier molecular flexibility index (Phi) is 5.01. The summed E-state index contributed by atoms with van der Waals surface area (Å²) < 4.78 is 19.5. The van der Waals surface area contributed by atoms with Crippen LogP contribution < -0.4 is 10.2 Å². The highest BCUT2D eigenvalue weighted by Crippen LogP contribution is 2.30. The van der Waals surface area contributed by atoms with Gasteiger partial charge in [0.1, 0.15) is 5.75 Å². The third kappa shape index (κ3) is 3.87. The molecule has 2 aromatic carbocycles. The molecule has 5 heteroatoms. The van der Waals surface area contributed by atoms with E-state index in [0.717, 1.165) is 12.5 Å². The maximum absolute atomic E-state index is 14.0. The molecule has 2 N–H and O–H groups in total. The molecule has 0 bridgehead atoms. The molecule has 0 aromatic heterocycles. The van der Waals surface area contributed by atoms with Crippen LogP contribution in [-0.2, 0) is 5.41 Å². The molecule has 122 valence electrons. The van der Waals surface area contributed by atoms with Crippen molar-refractivity contribution in [1.82, 2.24) is 5.48 Å². The van der Waals surface area contributed by atoms with Gasteiger partial charge < -0.3 is 4.74 Å². The number of nitrogens with one attached hydrogen (secondary N) is 1. The Morgan fingerprint density at radius 3 is 2.39 bits per heavy atom. The molecule has 4 nitrogen and oxygen atoms in total. The van der Waals surface area contributed by atoms with E-state index >= 15 is 0 Å². The Balaban J connectivity index is 2.18. The summed E-state index contributed by atoms with van der Waals surface area (Å²) in [6.07, 6.45) is 1.01. The van der Waals surface area contributed by atoms with Crippen LogP contribution in [0.3, 0.4) is 0 Å². The van der Waals surface area contributed by atoms with Gasteiger partial charge in [-0.2, -0.15) is 0 Å². The third-order valence-corrected chi connectivity index (χ3v) is 4.04. The lowest BCUT2D eigenvalue weighted by molar-refractivity contribution is 0.0706. The first-order chi connectivity index (χ1) is 10.9. The van der Waals surface area contributed by atoms with Crippen LogP contribution in [0.25, 0.3) is 0 Å². The summed E-state index contributed by atoms with van der Waals surface area (Å²) in [4.78, 5) is 11.2. The third-order valence-electron chi connectivity index (χ3n) is 4.04. The van der Waals surface area contributed by atoms with Gasteiger partial charge in [-0.3, -0.25) is 10.0 Å². The summed E-state index contributed by atoms with van der Waals surface area (Å²) in [5, 5.41) is 8.54. The van der Waals surface area contributed by atoms with Crippen LogP contribution >= 0.6 is 0 Å². The Hall–Kier alpha value is -2.40. The lowest BCUT2D eigenvalue weighted by atomic mass is 9.82. The summed E-state index contributed by atoms with van der Waals surface area (Å²) in [5.74, 6) is -0.924. The monoisotopic (exact) mass is 317 g/mol. The normalized spacial score (nSPS) is 11.2. The number of hydrogen-bond donors (Lipinski definition) is 2. The second-order valence-corrected chi connectivity index (χ2v) is 5.95. The molecule has 0 aliphatic carbocycles. The smallest absolute Gasteiger partial charge is 0.274 e. The van der Waals surface area contributed by atoms with Gasteiger partial charge in [-0.15, -0.1) is 0 Å². The van der Waals surface area contributed by atoms with Crippen molar-refractivity contribution in [3.63, 3.8) is 0 Å². The molecule has 0 radical (unpaired) electrons. The van der Waals surface area contributed by atoms with E-state index in [0.29, 0.717) is 5.75 Å². The van der Waals surface area contributed by atoms with Crippen LogP contribution in [0.1, 0.15) is 43.1 Å². The van der Waals surface area contributed by atoms with Gasteiger partial charge in [-0.05, 0) is 47.7 Å². The number of hydroxylamine groups is 1. The standard InChI is InChI=1S/C18H20FNO3/c1-4-18(2,3)13-6-8-14(9-7-13)23-16-10-5-12(11-15(16)19)17(21)20-22/h5-11,22H,4H2,1-3H3,(H,20,21). The van der Waals surface area contributed by atoms with Crippen LogP contribution in [0.2, 0.25) is 0 Å². The van der Waals surface area contributed by atoms with Crippen molar-refractivity contribution in [1.29, 1.82) is 0 Å². The number of benzene rings is 2. The van der Waals surface area contributed by atoms with E-state index in [9.17, 15) is 9.18 Å². The molecule has 0 aliphatic rings. The quantitative estimate of drug-likeness (QED) is 0.634. The average Bonchev–Trinajstić information content (AvgIpc) is 2.56. The van der Waals surface area contributed by atoms with Gasteiger partial charge in [0.2, 0.25) is 0 Å². The molecular weight excluding hydrogens is 297 g/mol. The largest absolute Gasteiger partial charge is 0.454 e.